The molecule has 0 unspecified atom stereocenters. The lowest BCUT2D eigenvalue weighted by molar-refractivity contribution is -0.155. The van der Waals surface area contributed by atoms with Crippen LogP contribution in [-0.2, 0) is 14.3 Å². The molecule has 1 atom stereocenters. The van der Waals surface area contributed by atoms with Gasteiger partial charge in [0.05, 0.1) is 5.92 Å². The number of rotatable bonds is 6. The molecule has 0 saturated heterocycles. The van der Waals surface area contributed by atoms with Crippen molar-refractivity contribution in [2.75, 3.05) is 6.61 Å². The van der Waals surface area contributed by atoms with Crippen molar-refractivity contribution in [3.05, 3.63) is 12.2 Å². The number of esters is 1. The maximum absolute atomic E-state index is 12.4. The van der Waals surface area contributed by atoms with E-state index >= 15 is 0 Å². The van der Waals surface area contributed by atoms with Crippen LogP contribution < -0.4 is 0 Å². The summed E-state index contributed by atoms with van der Waals surface area (Å²) < 4.78 is 5.20. The molecule has 0 aromatic rings. The molecule has 3 heteroatoms. The molecule has 0 radical (unpaired) electrons. The number of carbonyl (C=O) groups excluding carboxylic acids is 2. The maximum Gasteiger partial charge on any atom is 0.309 e. The fourth-order valence-electron chi connectivity index (χ4n) is 2.55. The van der Waals surface area contributed by atoms with E-state index in [1.165, 1.54) is 0 Å². The second-order valence-electron chi connectivity index (χ2n) is 6.20. The first-order valence-corrected chi connectivity index (χ1v) is 7.16. The van der Waals surface area contributed by atoms with Gasteiger partial charge in [-0.25, -0.2) is 0 Å². The smallest absolute Gasteiger partial charge is 0.309 e. The Hall–Kier alpha value is -1.12. The summed E-state index contributed by atoms with van der Waals surface area (Å²) in [5, 5.41) is 0. The molecule has 0 amide bonds. The van der Waals surface area contributed by atoms with E-state index in [0.717, 1.165) is 19.3 Å². The largest absolute Gasteiger partial charge is 0.457 e. The molecule has 0 saturated carbocycles. The summed E-state index contributed by atoms with van der Waals surface area (Å²) in [4.78, 5) is 24.2. The zero-order chi connectivity index (χ0) is 14.7. The van der Waals surface area contributed by atoms with Crippen LogP contribution in [-0.4, -0.2) is 18.4 Å². The number of hydrogen-bond acceptors (Lipinski definition) is 3. The predicted molar refractivity (Wildman–Crippen MR) is 75.7 cm³/mol. The normalized spacial score (nSPS) is 24.7. The molecule has 1 aliphatic rings. The molecule has 1 aliphatic carbocycles. The third kappa shape index (κ3) is 3.07. The van der Waals surface area contributed by atoms with Gasteiger partial charge in [0, 0.05) is 5.41 Å². The van der Waals surface area contributed by atoms with Gasteiger partial charge in [0.25, 0.3) is 0 Å². The van der Waals surface area contributed by atoms with Crippen LogP contribution in [0.4, 0.5) is 0 Å². The van der Waals surface area contributed by atoms with E-state index in [1.54, 1.807) is 0 Å². The van der Waals surface area contributed by atoms with Crippen molar-refractivity contribution in [1.29, 1.82) is 0 Å². The number of allylic oxidation sites excluding steroid dienone is 2. The summed E-state index contributed by atoms with van der Waals surface area (Å²) in [6.45, 7) is 9.89. The SMILES string of the molecule is CCC(CC)C(=O)OCC(=O)[C@]1(C)CC=CC1(C)C. The average Bonchev–Trinajstić information content (AvgIpc) is 2.63. The minimum atomic E-state index is -0.457. The number of Topliss-reactive ketones (excluding diaryl/α,β-unsaturated/α-hetero) is 1. The number of hydrogen-bond donors (Lipinski definition) is 0. The van der Waals surface area contributed by atoms with Gasteiger partial charge in [-0.15, -0.1) is 0 Å². The second-order valence-corrected chi connectivity index (χ2v) is 6.20. The Morgan fingerprint density at radius 3 is 2.21 bits per heavy atom. The third-order valence-corrected chi connectivity index (χ3v) is 4.76. The molecule has 0 aromatic heterocycles. The summed E-state index contributed by atoms with van der Waals surface area (Å²) in [7, 11) is 0. The molecule has 0 fully saturated rings. The van der Waals surface area contributed by atoms with Gasteiger partial charge in [0.2, 0.25) is 0 Å². The van der Waals surface area contributed by atoms with E-state index in [-0.39, 0.29) is 29.7 Å². The highest BCUT2D eigenvalue weighted by Crippen LogP contribution is 2.48. The summed E-state index contributed by atoms with van der Waals surface area (Å²) >= 11 is 0. The summed E-state index contributed by atoms with van der Waals surface area (Å²) in [6, 6.07) is 0. The van der Waals surface area contributed by atoms with Crippen LogP contribution in [0.5, 0.6) is 0 Å². The quantitative estimate of drug-likeness (QED) is 0.545. The monoisotopic (exact) mass is 266 g/mol. The highest BCUT2D eigenvalue weighted by molar-refractivity contribution is 5.89. The van der Waals surface area contributed by atoms with Crippen LogP contribution in [0.15, 0.2) is 12.2 Å². The van der Waals surface area contributed by atoms with Gasteiger partial charge in [-0.05, 0) is 24.7 Å². The van der Waals surface area contributed by atoms with Gasteiger partial charge >= 0.3 is 5.97 Å². The third-order valence-electron chi connectivity index (χ3n) is 4.76. The van der Waals surface area contributed by atoms with Gasteiger partial charge < -0.3 is 4.74 Å². The zero-order valence-corrected chi connectivity index (χ0v) is 12.8. The van der Waals surface area contributed by atoms with E-state index < -0.39 is 5.41 Å². The van der Waals surface area contributed by atoms with Crippen molar-refractivity contribution >= 4 is 11.8 Å². The topological polar surface area (TPSA) is 43.4 Å². The lowest BCUT2D eigenvalue weighted by Gasteiger charge is -2.36. The van der Waals surface area contributed by atoms with E-state index in [4.69, 9.17) is 4.74 Å². The fourth-order valence-corrected chi connectivity index (χ4v) is 2.55. The van der Waals surface area contributed by atoms with E-state index in [9.17, 15) is 9.59 Å². The molecular weight excluding hydrogens is 240 g/mol. The Kier molecular flexibility index (Phi) is 4.94. The van der Waals surface area contributed by atoms with Crippen LogP contribution in [0.3, 0.4) is 0 Å². The molecular formula is C16H26O3. The highest BCUT2D eigenvalue weighted by Gasteiger charge is 2.47. The lowest BCUT2D eigenvalue weighted by atomic mass is 9.66. The Bertz CT molecular complexity index is 377. The van der Waals surface area contributed by atoms with Crippen molar-refractivity contribution in [1.82, 2.24) is 0 Å². The molecule has 0 aliphatic heterocycles. The molecule has 108 valence electrons. The number of ether oxygens (including phenoxy) is 1. The highest BCUT2D eigenvalue weighted by atomic mass is 16.5. The molecule has 0 heterocycles. The summed E-state index contributed by atoms with van der Waals surface area (Å²) in [5.41, 5.74) is -0.632. The Balaban J connectivity index is 2.60. The van der Waals surface area contributed by atoms with Gasteiger partial charge in [-0.1, -0.05) is 46.8 Å². The molecule has 0 spiro atoms. The maximum atomic E-state index is 12.4. The molecule has 19 heavy (non-hydrogen) atoms. The Morgan fingerprint density at radius 1 is 1.21 bits per heavy atom. The average molecular weight is 266 g/mol. The van der Waals surface area contributed by atoms with Crippen molar-refractivity contribution in [2.24, 2.45) is 16.7 Å². The Morgan fingerprint density at radius 2 is 1.79 bits per heavy atom. The Labute approximate surface area is 116 Å². The molecule has 0 aromatic carbocycles. The zero-order valence-electron chi connectivity index (χ0n) is 12.8. The lowest BCUT2D eigenvalue weighted by Crippen LogP contribution is -2.40. The van der Waals surface area contributed by atoms with Gasteiger partial charge in [0.1, 0.15) is 0 Å². The van der Waals surface area contributed by atoms with Crippen LogP contribution in [0.1, 0.15) is 53.9 Å². The van der Waals surface area contributed by atoms with Crippen molar-refractivity contribution < 1.29 is 14.3 Å². The minimum absolute atomic E-state index is 0.0156. The standard InChI is InChI=1S/C16H26O3/c1-6-12(7-2)14(18)19-11-13(17)16(5)10-8-9-15(16,3)4/h8-9,12H,6-7,10-11H2,1-5H3/t16-/m0/s1. The van der Waals surface area contributed by atoms with E-state index in [2.05, 4.69) is 19.9 Å². The van der Waals surface area contributed by atoms with Gasteiger partial charge in [-0.2, -0.15) is 0 Å². The van der Waals surface area contributed by atoms with Crippen LogP contribution in [0.2, 0.25) is 0 Å². The summed E-state index contributed by atoms with van der Waals surface area (Å²) in [5.74, 6) is -0.317. The predicted octanol–water partition coefficient (Wildman–Crippen LogP) is 3.53. The van der Waals surface area contributed by atoms with Crippen LogP contribution in [0, 0.1) is 16.7 Å². The van der Waals surface area contributed by atoms with Crippen molar-refractivity contribution in [2.45, 2.75) is 53.9 Å². The first-order chi connectivity index (χ1) is 8.78. The minimum Gasteiger partial charge on any atom is -0.457 e. The van der Waals surface area contributed by atoms with E-state index in [0.29, 0.717) is 0 Å². The number of ketones is 1. The molecule has 3 nitrogen and oxygen atoms in total. The van der Waals surface area contributed by atoms with E-state index in [1.807, 2.05) is 26.8 Å². The van der Waals surface area contributed by atoms with Gasteiger partial charge in [-0.3, -0.25) is 9.59 Å². The second kappa shape index (κ2) is 5.89. The number of carbonyl (C=O) groups is 2. The first-order valence-electron chi connectivity index (χ1n) is 7.16. The van der Waals surface area contributed by atoms with Gasteiger partial charge in [0.15, 0.2) is 12.4 Å². The molecule has 1 rings (SSSR count). The van der Waals surface area contributed by atoms with Crippen LogP contribution in [0.25, 0.3) is 0 Å². The van der Waals surface area contributed by atoms with Crippen molar-refractivity contribution in [3.8, 4) is 0 Å². The summed E-state index contributed by atoms with van der Waals surface area (Å²) in [6.07, 6.45) is 6.36. The fraction of sp³-hybridized carbons (Fsp3) is 0.750. The van der Waals surface area contributed by atoms with Crippen molar-refractivity contribution in [3.63, 3.8) is 0 Å². The first kappa shape index (κ1) is 15.9. The molecule has 0 bridgehead atoms. The molecule has 0 N–H and O–H groups in total. The van der Waals surface area contributed by atoms with Crippen LogP contribution >= 0.6 is 0 Å².